The minimum atomic E-state index is -0.166. The maximum Gasteiger partial charge on any atom is 0.224 e. The monoisotopic (exact) mass is 275 g/mol. The summed E-state index contributed by atoms with van der Waals surface area (Å²) >= 11 is 0. The number of carbonyl (C=O) groups is 2. The molecule has 108 valence electrons. The number of carbonyl (C=O) groups excluding carboxylic acids is 2. The fourth-order valence-corrected chi connectivity index (χ4v) is 2.05. The van der Waals surface area contributed by atoms with Crippen molar-refractivity contribution in [2.45, 2.75) is 39.3 Å². The van der Waals surface area contributed by atoms with E-state index in [-0.39, 0.29) is 29.7 Å². The molecule has 2 rings (SSSR count). The molecule has 1 aliphatic carbocycles. The first kappa shape index (κ1) is 14.5. The summed E-state index contributed by atoms with van der Waals surface area (Å²) in [6, 6.07) is 3.89. The van der Waals surface area contributed by atoms with Crippen molar-refractivity contribution in [1.29, 1.82) is 0 Å². The number of hydrogen-bond donors (Lipinski definition) is 2. The third-order valence-corrected chi connectivity index (χ3v) is 3.68. The molecule has 3 atom stereocenters. The lowest BCUT2D eigenvalue weighted by molar-refractivity contribution is -0.127. The Kier molecular flexibility index (Phi) is 4.71. The largest absolute Gasteiger partial charge is 0.353 e. The van der Waals surface area contributed by atoms with Gasteiger partial charge in [-0.3, -0.25) is 14.6 Å². The van der Waals surface area contributed by atoms with Crippen LogP contribution in [-0.4, -0.2) is 22.8 Å². The molecule has 0 aliphatic heterocycles. The first-order chi connectivity index (χ1) is 9.61. The molecule has 1 aliphatic rings. The summed E-state index contributed by atoms with van der Waals surface area (Å²) in [6.07, 6.45) is 4.95. The highest BCUT2D eigenvalue weighted by molar-refractivity contribution is 5.92. The molecule has 5 nitrogen and oxygen atoms in total. The van der Waals surface area contributed by atoms with Crippen LogP contribution >= 0.6 is 0 Å². The van der Waals surface area contributed by atoms with Crippen molar-refractivity contribution in [2.75, 3.05) is 0 Å². The van der Waals surface area contributed by atoms with E-state index in [9.17, 15) is 9.59 Å². The second kappa shape index (κ2) is 6.50. The zero-order chi connectivity index (χ0) is 14.5. The van der Waals surface area contributed by atoms with Crippen molar-refractivity contribution in [3.05, 3.63) is 30.1 Å². The molecule has 1 aromatic rings. The molecule has 20 heavy (non-hydrogen) atoms. The third kappa shape index (κ3) is 3.79. The van der Waals surface area contributed by atoms with Crippen LogP contribution in [0.2, 0.25) is 0 Å². The summed E-state index contributed by atoms with van der Waals surface area (Å²) in [7, 11) is 0. The van der Waals surface area contributed by atoms with Gasteiger partial charge in [0.15, 0.2) is 0 Å². The number of aromatic nitrogens is 1. The minimum absolute atomic E-state index is 0.00316. The molecule has 1 fully saturated rings. The van der Waals surface area contributed by atoms with Crippen LogP contribution in [0.15, 0.2) is 24.5 Å². The Morgan fingerprint density at radius 1 is 1.30 bits per heavy atom. The fraction of sp³-hybridized carbons (Fsp3) is 0.533. The van der Waals surface area contributed by atoms with E-state index in [0.717, 1.165) is 12.0 Å². The quantitative estimate of drug-likeness (QED) is 0.820. The topological polar surface area (TPSA) is 71.1 Å². The third-order valence-electron chi connectivity index (χ3n) is 3.68. The number of nitrogens with one attached hydrogen (secondary N) is 2. The number of pyridine rings is 1. The SMILES string of the molecule is CCC(C)NC(=O)C1CC1C(=O)NCc1ccncc1. The molecular formula is C15H21N3O2. The van der Waals surface area contributed by atoms with Gasteiger partial charge in [-0.2, -0.15) is 0 Å². The Balaban J connectivity index is 1.74. The van der Waals surface area contributed by atoms with Gasteiger partial charge in [0.2, 0.25) is 11.8 Å². The van der Waals surface area contributed by atoms with Crippen molar-refractivity contribution < 1.29 is 9.59 Å². The van der Waals surface area contributed by atoms with E-state index in [2.05, 4.69) is 15.6 Å². The Labute approximate surface area is 119 Å². The van der Waals surface area contributed by atoms with Gasteiger partial charge in [-0.1, -0.05) is 6.92 Å². The van der Waals surface area contributed by atoms with Crippen molar-refractivity contribution in [3.63, 3.8) is 0 Å². The van der Waals surface area contributed by atoms with Crippen LogP contribution in [0.4, 0.5) is 0 Å². The van der Waals surface area contributed by atoms with Crippen LogP contribution in [-0.2, 0) is 16.1 Å². The van der Waals surface area contributed by atoms with Crippen LogP contribution in [0, 0.1) is 11.8 Å². The van der Waals surface area contributed by atoms with Gasteiger partial charge >= 0.3 is 0 Å². The lowest BCUT2D eigenvalue weighted by Crippen LogP contribution is -2.35. The minimum Gasteiger partial charge on any atom is -0.353 e. The number of hydrogen-bond acceptors (Lipinski definition) is 3. The maximum absolute atomic E-state index is 11.9. The average Bonchev–Trinajstić information content (AvgIpc) is 3.26. The first-order valence-electron chi connectivity index (χ1n) is 7.08. The second-order valence-electron chi connectivity index (χ2n) is 5.34. The van der Waals surface area contributed by atoms with Crippen LogP contribution in [0.25, 0.3) is 0 Å². The Morgan fingerprint density at radius 2 is 1.95 bits per heavy atom. The van der Waals surface area contributed by atoms with E-state index in [0.29, 0.717) is 13.0 Å². The smallest absolute Gasteiger partial charge is 0.224 e. The summed E-state index contributed by atoms with van der Waals surface area (Å²) in [5.41, 5.74) is 1.01. The number of rotatable bonds is 6. The highest BCUT2D eigenvalue weighted by Crippen LogP contribution is 2.38. The normalized spacial score (nSPS) is 21.9. The van der Waals surface area contributed by atoms with Gasteiger partial charge in [0.25, 0.3) is 0 Å². The molecular weight excluding hydrogens is 254 g/mol. The van der Waals surface area contributed by atoms with E-state index >= 15 is 0 Å². The highest BCUT2D eigenvalue weighted by atomic mass is 16.2. The molecule has 0 aromatic carbocycles. The zero-order valence-corrected chi connectivity index (χ0v) is 11.9. The van der Waals surface area contributed by atoms with E-state index in [1.54, 1.807) is 12.4 Å². The van der Waals surface area contributed by atoms with Crippen LogP contribution < -0.4 is 10.6 Å². The van der Waals surface area contributed by atoms with Gasteiger partial charge in [0.1, 0.15) is 0 Å². The molecule has 0 bridgehead atoms. The molecule has 5 heteroatoms. The lowest BCUT2D eigenvalue weighted by Gasteiger charge is -2.11. The van der Waals surface area contributed by atoms with Crippen LogP contribution in [0.3, 0.4) is 0 Å². The predicted octanol–water partition coefficient (Wildman–Crippen LogP) is 1.25. The van der Waals surface area contributed by atoms with Gasteiger partial charge in [0.05, 0.1) is 11.8 Å². The van der Waals surface area contributed by atoms with Gasteiger partial charge < -0.3 is 10.6 Å². The van der Waals surface area contributed by atoms with Gasteiger partial charge in [-0.25, -0.2) is 0 Å². The molecule has 1 heterocycles. The van der Waals surface area contributed by atoms with Crippen molar-refractivity contribution >= 4 is 11.8 Å². The van der Waals surface area contributed by atoms with Crippen LogP contribution in [0.1, 0.15) is 32.3 Å². The van der Waals surface area contributed by atoms with Crippen LogP contribution in [0.5, 0.6) is 0 Å². The molecule has 3 unspecified atom stereocenters. The zero-order valence-electron chi connectivity index (χ0n) is 11.9. The average molecular weight is 275 g/mol. The molecule has 0 saturated heterocycles. The maximum atomic E-state index is 11.9. The van der Waals surface area contributed by atoms with E-state index in [1.807, 2.05) is 26.0 Å². The standard InChI is InChI=1S/C15H21N3O2/c1-3-10(2)18-15(20)13-8-12(13)14(19)17-9-11-4-6-16-7-5-11/h4-7,10,12-13H,3,8-9H2,1-2H3,(H,17,19)(H,18,20). The first-order valence-corrected chi connectivity index (χ1v) is 7.08. The van der Waals surface area contributed by atoms with Gasteiger partial charge in [-0.05, 0) is 37.5 Å². The molecule has 1 aromatic heterocycles. The van der Waals surface area contributed by atoms with E-state index < -0.39 is 0 Å². The lowest BCUT2D eigenvalue weighted by atomic mass is 10.2. The predicted molar refractivity (Wildman–Crippen MR) is 75.6 cm³/mol. The summed E-state index contributed by atoms with van der Waals surface area (Å²) < 4.78 is 0. The highest BCUT2D eigenvalue weighted by Gasteiger charge is 2.47. The van der Waals surface area contributed by atoms with Gasteiger partial charge in [-0.15, -0.1) is 0 Å². The van der Waals surface area contributed by atoms with Crippen molar-refractivity contribution in [3.8, 4) is 0 Å². The number of amides is 2. The van der Waals surface area contributed by atoms with E-state index in [4.69, 9.17) is 0 Å². The summed E-state index contributed by atoms with van der Waals surface area (Å²) in [6.45, 7) is 4.48. The molecule has 0 radical (unpaired) electrons. The molecule has 2 N–H and O–H groups in total. The summed E-state index contributed by atoms with van der Waals surface area (Å²) in [5, 5.41) is 5.79. The molecule has 2 amide bonds. The van der Waals surface area contributed by atoms with Crippen molar-refractivity contribution in [2.24, 2.45) is 11.8 Å². The Morgan fingerprint density at radius 3 is 2.60 bits per heavy atom. The Bertz CT molecular complexity index is 475. The molecule has 1 saturated carbocycles. The molecule has 0 spiro atoms. The van der Waals surface area contributed by atoms with E-state index in [1.165, 1.54) is 0 Å². The summed E-state index contributed by atoms with van der Waals surface area (Å²) in [5.74, 6) is -0.350. The number of nitrogens with zero attached hydrogens (tertiary/aromatic N) is 1. The summed E-state index contributed by atoms with van der Waals surface area (Å²) in [4.78, 5) is 27.7. The second-order valence-corrected chi connectivity index (χ2v) is 5.34. The van der Waals surface area contributed by atoms with Crippen molar-refractivity contribution in [1.82, 2.24) is 15.6 Å². The fourth-order valence-electron chi connectivity index (χ4n) is 2.05. The Hall–Kier alpha value is -1.91. The van der Waals surface area contributed by atoms with Gasteiger partial charge in [0, 0.05) is 25.0 Å².